The lowest BCUT2D eigenvalue weighted by Crippen LogP contribution is -1.99. The van der Waals surface area contributed by atoms with E-state index in [-0.39, 0.29) is 6.61 Å². The fourth-order valence-electron chi connectivity index (χ4n) is 1.43. The molecule has 0 aromatic heterocycles. The van der Waals surface area contributed by atoms with Gasteiger partial charge < -0.3 is 9.84 Å². The molecule has 0 fully saturated rings. The molecule has 2 nitrogen and oxygen atoms in total. The van der Waals surface area contributed by atoms with Crippen LogP contribution in [0.2, 0.25) is 0 Å². The summed E-state index contributed by atoms with van der Waals surface area (Å²) < 4.78 is 5.53. The van der Waals surface area contributed by atoms with Gasteiger partial charge in [0.25, 0.3) is 0 Å². The highest BCUT2D eigenvalue weighted by molar-refractivity contribution is 5.39. The van der Waals surface area contributed by atoms with Crippen LogP contribution in [0.5, 0.6) is 5.75 Å². The quantitative estimate of drug-likeness (QED) is 0.798. The van der Waals surface area contributed by atoms with Crippen LogP contribution in [0.15, 0.2) is 18.2 Å². The van der Waals surface area contributed by atoms with Crippen LogP contribution in [0.3, 0.4) is 0 Å². The summed E-state index contributed by atoms with van der Waals surface area (Å²) in [5, 5.41) is 9.00. The van der Waals surface area contributed by atoms with Crippen molar-refractivity contribution in [3.63, 3.8) is 0 Å². The van der Waals surface area contributed by atoms with Gasteiger partial charge in [0.1, 0.15) is 5.75 Å². The summed E-state index contributed by atoms with van der Waals surface area (Å²) in [5.74, 6) is 1.35. The van der Waals surface area contributed by atoms with E-state index < -0.39 is 0 Å². The standard InChI is InChI=1S/C12H18O2/c1-4-14-12-7-10(8-13)5-6-11(12)9(2)3/h5-7,9,13H,4,8H2,1-3H3. The second-order valence-corrected chi connectivity index (χ2v) is 3.62. The lowest BCUT2D eigenvalue weighted by atomic mass is 10.0. The molecule has 78 valence electrons. The molecule has 0 aliphatic heterocycles. The summed E-state index contributed by atoms with van der Waals surface area (Å²) in [4.78, 5) is 0. The summed E-state index contributed by atoms with van der Waals surface area (Å²) in [7, 11) is 0. The summed E-state index contributed by atoms with van der Waals surface area (Å²) in [6.45, 7) is 6.97. The van der Waals surface area contributed by atoms with Gasteiger partial charge in [-0.2, -0.15) is 0 Å². The predicted octanol–water partition coefficient (Wildman–Crippen LogP) is 2.70. The summed E-state index contributed by atoms with van der Waals surface area (Å²) in [6, 6.07) is 5.89. The highest BCUT2D eigenvalue weighted by Gasteiger charge is 2.07. The highest BCUT2D eigenvalue weighted by atomic mass is 16.5. The van der Waals surface area contributed by atoms with Crippen LogP contribution < -0.4 is 4.74 Å². The molecule has 0 atom stereocenters. The molecule has 0 spiro atoms. The minimum atomic E-state index is 0.0679. The van der Waals surface area contributed by atoms with E-state index >= 15 is 0 Å². The van der Waals surface area contributed by atoms with Crippen molar-refractivity contribution < 1.29 is 9.84 Å². The lowest BCUT2D eigenvalue weighted by molar-refractivity contribution is 0.279. The molecule has 1 aromatic carbocycles. The van der Waals surface area contributed by atoms with Gasteiger partial charge in [0, 0.05) is 0 Å². The van der Waals surface area contributed by atoms with Crippen molar-refractivity contribution in [2.24, 2.45) is 0 Å². The van der Waals surface area contributed by atoms with Crippen LogP contribution in [0.1, 0.15) is 37.8 Å². The van der Waals surface area contributed by atoms with Crippen LogP contribution in [-0.2, 0) is 6.61 Å². The molecule has 0 unspecified atom stereocenters. The first kappa shape index (κ1) is 11.1. The third kappa shape index (κ3) is 2.48. The second kappa shape index (κ2) is 5.01. The largest absolute Gasteiger partial charge is 0.494 e. The van der Waals surface area contributed by atoms with E-state index in [2.05, 4.69) is 13.8 Å². The van der Waals surface area contributed by atoms with E-state index in [1.807, 2.05) is 25.1 Å². The molecule has 0 aliphatic rings. The Hall–Kier alpha value is -1.02. The number of hydrogen-bond donors (Lipinski definition) is 1. The maximum absolute atomic E-state index is 9.00. The third-order valence-corrected chi connectivity index (χ3v) is 2.18. The van der Waals surface area contributed by atoms with E-state index in [1.54, 1.807) is 0 Å². The van der Waals surface area contributed by atoms with Gasteiger partial charge >= 0.3 is 0 Å². The normalized spacial score (nSPS) is 10.6. The second-order valence-electron chi connectivity index (χ2n) is 3.62. The molecule has 1 aromatic rings. The average molecular weight is 194 g/mol. The molecule has 0 heterocycles. The van der Waals surface area contributed by atoms with Crippen molar-refractivity contribution in [2.75, 3.05) is 6.61 Å². The van der Waals surface area contributed by atoms with Crippen LogP contribution >= 0.6 is 0 Å². The Bertz CT molecular complexity index is 292. The average Bonchev–Trinajstić information content (AvgIpc) is 2.17. The maximum atomic E-state index is 9.00. The summed E-state index contributed by atoms with van der Waals surface area (Å²) >= 11 is 0. The van der Waals surface area contributed by atoms with Crippen molar-refractivity contribution in [1.82, 2.24) is 0 Å². The first-order valence-electron chi connectivity index (χ1n) is 5.05. The van der Waals surface area contributed by atoms with E-state index in [1.165, 1.54) is 5.56 Å². The van der Waals surface area contributed by atoms with Crippen LogP contribution in [0, 0.1) is 0 Å². The van der Waals surface area contributed by atoms with Crippen molar-refractivity contribution >= 4 is 0 Å². The van der Waals surface area contributed by atoms with Gasteiger partial charge in [-0.3, -0.25) is 0 Å². The molecule has 1 rings (SSSR count). The van der Waals surface area contributed by atoms with Crippen molar-refractivity contribution in [3.8, 4) is 5.75 Å². The van der Waals surface area contributed by atoms with Crippen LogP contribution in [0.4, 0.5) is 0 Å². The molecule has 0 bridgehead atoms. The van der Waals surface area contributed by atoms with Crippen LogP contribution in [0.25, 0.3) is 0 Å². The molecular formula is C12H18O2. The van der Waals surface area contributed by atoms with Crippen molar-refractivity contribution in [1.29, 1.82) is 0 Å². The Labute approximate surface area is 85.5 Å². The third-order valence-electron chi connectivity index (χ3n) is 2.18. The topological polar surface area (TPSA) is 29.5 Å². The Kier molecular flexibility index (Phi) is 3.96. The zero-order valence-electron chi connectivity index (χ0n) is 9.08. The lowest BCUT2D eigenvalue weighted by Gasteiger charge is -2.13. The Morgan fingerprint density at radius 3 is 2.57 bits per heavy atom. The van der Waals surface area contributed by atoms with Crippen LogP contribution in [-0.4, -0.2) is 11.7 Å². The fourth-order valence-corrected chi connectivity index (χ4v) is 1.43. The van der Waals surface area contributed by atoms with E-state index in [0.29, 0.717) is 12.5 Å². The molecule has 14 heavy (non-hydrogen) atoms. The van der Waals surface area contributed by atoms with E-state index in [9.17, 15) is 0 Å². The van der Waals surface area contributed by atoms with Gasteiger partial charge in [-0.05, 0) is 30.0 Å². The Balaban J connectivity index is 3.03. The van der Waals surface area contributed by atoms with Gasteiger partial charge in [0.2, 0.25) is 0 Å². The Morgan fingerprint density at radius 1 is 1.36 bits per heavy atom. The minimum Gasteiger partial charge on any atom is -0.494 e. The highest BCUT2D eigenvalue weighted by Crippen LogP contribution is 2.27. The van der Waals surface area contributed by atoms with Gasteiger partial charge in [-0.1, -0.05) is 26.0 Å². The molecule has 0 amide bonds. The summed E-state index contributed by atoms with van der Waals surface area (Å²) in [6.07, 6.45) is 0. The molecule has 0 saturated heterocycles. The number of aliphatic hydroxyl groups excluding tert-OH is 1. The molecule has 2 heteroatoms. The molecule has 0 radical (unpaired) electrons. The first-order valence-corrected chi connectivity index (χ1v) is 5.05. The zero-order valence-corrected chi connectivity index (χ0v) is 9.08. The summed E-state index contributed by atoms with van der Waals surface area (Å²) in [5.41, 5.74) is 2.10. The van der Waals surface area contributed by atoms with E-state index in [4.69, 9.17) is 9.84 Å². The molecule has 0 saturated carbocycles. The Morgan fingerprint density at radius 2 is 2.07 bits per heavy atom. The van der Waals surface area contributed by atoms with Gasteiger partial charge in [0.15, 0.2) is 0 Å². The van der Waals surface area contributed by atoms with E-state index in [0.717, 1.165) is 11.3 Å². The van der Waals surface area contributed by atoms with Crippen molar-refractivity contribution in [2.45, 2.75) is 33.3 Å². The molecular weight excluding hydrogens is 176 g/mol. The smallest absolute Gasteiger partial charge is 0.123 e. The van der Waals surface area contributed by atoms with Gasteiger partial charge in [-0.15, -0.1) is 0 Å². The fraction of sp³-hybridized carbons (Fsp3) is 0.500. The van der Waals surface area contributed by atoms with Crippen molar-refractivity contribution in [3.05, 3.63) is 29.3 Å². The number of ether oxygens (including phenoxy) is 1. The minimum absolute atomic E-state index is 0.0679. The molecule has 1 N–H and O–H groups in total. The van der Waals surface area contributed by atoms with Gasteiger partial charge in [0.05, 0.1) is 13.2 Å². The SMILES string of the molecule is CCOc1cc(CO)ccc1C(C)C. The number of hydrogen-bond acceptors (Lipinski definition) is 2. The number of rotatable bonds is 4. The maximum Gasteiger partial charge on any atom is 0.123 e. The first-order chi connectivity index (χ1) is 6.69. The predicted molar refractivity (Wildman–Crippen MR) is 57.6 cm³/mol. The monoisotopic (exact) mass is 194 g/mol. The zero-order chi connectivity index (χ0) is 10.6. The van der Waals surface area contributed by atoms with Gasteiger partial charge in [-0.25, -0.2) is 0 Å². The number of benzene rings is 1. The molecule has 0 aliphatic carbocycles. The number of aliphatic hydroxyl groups is 1.